The van der Waals surface area contributed by atoms with Crippen molar-refractivity contribution < 1.29 is 0 Å². The molecule has 2 heterocycles. The van der Waals surface area contributed by atoms with E-state index in [1.54, 1.807) is 0 Å². The molecule has 4 nitrogen and oxygen atoms in total. The van der Waals surface area contributed by atoms with Gasteiger partial charge in [-0.1, -0.05) is 146 Å². The number of nitrogens with zero attached hydrogens (tertiary/aromatic N) is 4. The molecule has 2 aromatic heterocycles. The lowest BCUT2D eigenvalue weighted by molar-refractivity contribution is 0.886. The number of fused-ring (bicyclic) bond motifs is 4. The highest BCUT2D eigenvalue weighted by atomic mass is 15.1. The zero-order chi connectivity index (χ0) is 40.5. The molecule has 0 saturated carbocycles. The predicted octanol–water partition coefficient (Wildman–Crippen LogP) is 14.4. The van der Waals surface area contributed by atoms with Crippen LogP contribution in [0.3, 0.4) is 0 Å². The third-order valence-electron chi connectivity index (χ3n) is 12.6. The van der Waals surface area contributed by atoms with Crippen molar-refractivity contribution in [1.82, 2.24) is 19.1 Å². The van der Waals surface area contributed by atoms with Gasteiger partial charge in [0.25, 0.3) is 0 Å². The van der Waals surface area contributed by atoms with E-state index in [0.717, 1.165) is 33.7 Å². The van der Waals surface area contributed by atoms with Crippen LogP contribution in [0.2, 0.25) is 0 Å². The maximum atomic E-state index is 4.78. The maximum absolute atomic E-state index is 4.78. The minimum Gasteiger partial charge on any atom is -0.331 e. The number of aryl methyl sites for hydroxylation is 4. The van der Waals surface area contributed by atoms with E-state index >= 15 is 0 Å². The quantitative estimate of drug-likeness (QED) is 0.158. The van der Waals surface area contributed by atoms with Gasteiger partial charge in [-0.2, -0.15) is 0 Å². The molecule has 0 N–H and O–H groups in total. The average Bonchev–Trinajstić information content (AvgIpc) is 3.75. The molecule has 0 atom stereocenters. The highest BCUT2D eigenvalue weighted by Crippen LogP contribution is 2.46. The van der Waals surface area contributed by atoms with Crippen LogP contribution < -0.4 is 0 Å². The van der Waals surface area contributed by atoms with Gasteiger partial charge in [0, 0.05) is 14.1 Å². The predicted molar refractivity (Wildman–Crippen MR) is 252 cm³/mol. The van der Waals surface area contributed by atoms with Crippen LogP contribution in [0.1, 0.15) is 11.6 Å². The van der Waals surface area contributed by atoms with Gasteiger partial charge in [-0.05, 0) is 139 Å². The molecular formula is C56H42N4. The number of hydrogen-bond donors (Lipinski definition) is 0. The van der Waals surface area contributed by atoms with Gasteiger partial charge in [-0.15, -0.1) is 0 Å². The monoisotopic (exact) mass is 770 g/mol. The van der Waals surface area contributed by atoms with Gasteiger partial charge in [-0.3, -0.25) is 0 Å². The molecule has 0 aliphatic rings. The first-order valence-corrected chi connectivity index (χ1v) is 20.6. The summed E-state index contributed by atoms with van der Waals surface area (Å²) in [5, 5.41) is 4.95. The molecule has 60 heavy (non-hydrogen) atoms. The van der Waals surface area contributed by atoms with Crippen molar-refractivity contribution in [3.8, 4) is 66.8 Å². The summed E-state index contributed by atoms with van der Waals surface area (Å²) >= 11 is 0. The first kappa shape index (κ1) is 35.6. The molecule has 0 bridgehead atoms. The standard InChI is InChI=1S/C56H42N4/c1-35-57-51-33-45(25-29-53(51)59(35)3)39-19-15-37(16-20-39)43-23-27-47-49(31-43)55(41-11-7-5-8-12-41)48-28-24-44(32-50(48)56(47)42-13-9-6-10-14-42)38-17-21-40(22-18-38)46-26-30-54-52(34-46)58-36(2)60(54)4/h5-34H,1-4H3. The largest absolute Gasteiger partial charge is 0.331 e. The van der Waals surface area contributed by atoms with Crippen LogP contribution in [0.25, 0.3) is 110 Å². The van der Waals surface area contributed by atoms with Crippen molar-refractivity contribution >= 4 is 43.6 Å². The number of benzene rings is 9. The van der Waals surface area contributed by atoms with Crippen LogP contribution in [0.15, 0.2) is 182 Å². The normalized spacial score (nSPS) is 11.7. The molecular weight excluding hydrogens is 729 g/mol. The first-order valence-electron chi connectivity index (χ1n) is 20.6. The number of rotatable bonds is 6. The zero-order valence-electron chi connectivity index (χ0n) is 34.1. The second kappa shape index (κ2) is 14.1. The topological polar surface area (TPSA) is 35.6 Å². The summed E-state index contributed by atoms with van der Waals surface area (Å²) in [4.78, 5) is 9.56. The molecule has 0 fully saturated rings. The lowest BCUT2D eigenvalue weighted by Crippen LogP contribution is -1.92. The molecule has 0 saturated heterocycles. The molecule has 11 aromatic rings. The van der Waals surface area contributed by atoms with Gasteiger partial charge >= 0.3 is 0 Å². The highest BCUT2D eigenvalue weighted by Gasteiger charge is 2.19. The Morgan fingerprint density at radius 2 is 0.617 bits per heavy atom. The van der Waals surface area contributed by atoms with Crippen LogP contribution in [0, 0.1) is 13.8 Å². The van der Waals surface area contributed by atoms with Gasteiger partial charge in [0.05, 0.1) is 22.1 Å². The Kier molecular flexibility index (Phi) is 8.35. The minimum absolute atomic E-state index is 1.02. The van der Waals surface area contributed by atoms with Crippen LogP contribution in [-0.2, 0) is 14.1 Å². The number of hydrogen-bond acceptors (Lipinski definition) is 2. The van der Waals surface area contributed by atoms with Crippen molar-refractivity contribution in [2.24, 2.45) is 14.1 Å². The molecule has 0 aliphatic carbocycles. The van der Waals surface area contributed by atoms with E-state index in [2.05, 4.69) is 219 Å². The zero-order valence-corrected chi connectivity index (χ0v) is 34.1. The van der Waals surface area contributed by atoms with Gasteiger partial charge < -0.3 is 9.13 Å². The Hall–Kier alpha value is -7.56. The number of aromatic nitrogens is 4. The van der Waals surface area contributed by atoms with Crippen LogP contribution in [0.4, 0.5) is 0 Å². The molecule has 286 valence electrons. The fourth-order valence-corrected chi connectivity index (χ4v) is 9.13. The number of imidazole rings is 2. The van der Waals surface area contributed by atoms with Crippen LogP contribution in [0.5, 0.6) is 0 Å². The van der Waals surface area contributed by atoms with E-state index in [1.807, 2.05) is 0 Å². The third kappa shape index (κ3) is 5.91. The molecule has 0 spiro atoms. The van der Waals surface area contributed by atoms with Crippen LogP contribution in [-0.4, -0.2) is 19.1 Å². The van der Waals surface area contributed by atoms with Gasteiger partial charge in [-0.25, -0.2) is 9.97 Å². The van der Waals surface area contributed by atoms with Gasteiger partial charge in [0.1, 0.15) is 11.6 Å². The van der Waals surface area contributed by atoms with E-state index in [-0.39, 0.29) is 0 Å². The Bertz CT molecular complexity index is 3200. The van der Waals surface area contributed by atoms with Gasteiger partial charge in [0.2, 0.25) is 0 Å². The average molecular weight is 771 g/mol. The summed E-state index contributed by atoms with van der Waals surface area (Å²) in [5.74, 6) is 2.03. The summed E-state index contributed by atoms with van der Waals surface area (Å²) in [6, 6.07) is 66.9. The van der Waals surface area contributed by atoms with E-state index in [4.69, 9.17) is 9.97 Å². The van der Waals surface area contributed by atoms with E-state index in [9.17, 15) is 0 Å². The molecule has 4 heteroatoms. The van der Waals surface area contributed by atoms with Gasteiger partial charge in [0.15, 0.2) is 0 Å². The lowest BCUT2D eigenvalue weighted by Gasteiger charge is -2.20. The molecule has 0 unspecified atom stereocenters. The van der Waals surface area contributed by atoms with E-state index in [1.165, 1.54) is 88.3 Å². The van der Waals surface area contributed by atoms with Crippen molar-refractivity contribution in [3.05, 3.63) is 194 Å². The smallest absolute Gasteiger partial charge is 0.106 e. The van der Waals surface area contributed by atoms with Crippen LogP contribution >= 0.6 is 0 Å². The summed E-state index contributed by atoms with van der Waals surface area (Å²) in [5.41, 5.74) is 18.7. The fourth-order valence-electron chi connectivity index (χ4n) is 9.13. The van der Waals surface area contributed by atoms with Crippen molar-refractivity contribution in [2.45, 2.75) is 13.8 Å². The van der Waals surface area contributed by atoms with Crippen molar-refractivity contribution in [1.29, 1.82) is 0 Å². The fraction of sp³-hybridized carbons (Fsp3) is 0.0714. The third-order valence-corrected chi connectivity index (χ3v) is 12.6. The van der Waals surface area contributed by atoms with E-state index in [0.29, 0.717) is 0 Å². The van der Waals surface area contributed by atoms with E-state index < -0.39 is 0 Å². The molecule has 11 rings (SSSR count). The Morgan fingerprint density at radius 1 is 0.300 bits per heavy atom. The minimum atomic E-state index is 1.02. The molecule has 9 aromatic carbocycles. The summed E-state index contributed by atoms with van der Waals surface area (Å²) in [6.45, 7) is 4.10. The van der Waals surface area contributed by atoms with Crippen molar-refractivity contribution in [2.75, 3.05) is 0 Å². The van der Waals surface area contributed by atoms with Crippen molar-refractivity contribution in [3.63, 3.8) is 0 Å². The highest BCUT2D eigenvalue weighted by molar-refractivity contribution is 6.22. The summed E-state index contributed by atoms with van der Waals surface area (Å²) < 4.78 is 4.28. The Morgan fingerprint density at radius 3 is 0.983 bits per heavy atom. The summed E-state index contributed by atoms with van der Waals surface area (Å²) in [6.07, 6.45) is 0. The lowest BCUT2D eigenvalue weighted by atomic mass is 9.84. The Labute approximate surface area is 349 Å². The molecule has 0 radical (unpaired) electrons. The SMILES string of the molecule is Cc1nc2cc(-c3ccc(-c4ccc5c(-c6ccccc6)c6cc(-c7ccc(-c8ccc9c(c8)nc(C)n9C)cc7)ccc6c(-c6ccccc6)c5c4)cc3)ccc2n1C. The summed E-state index contributed by atoms with van der Waals surface area (Å²) in [7, 11) is 4.14. The first-order chi connectivity index (χ1) is 29.4. The Balaban J connectivity index is 1.04. The molecule has 0 aliphatic heterocycles. The maximum Gasteiger partial charge on any atom is 0.106 e. The molecule has 0 amide bonds. The second-order valence-electron chi connectivity index (χ2n) is 16.0. The second-order valence-corrected chi connectivity index (χ2v) is 16.0.